The molecule has 1 heterocycles. The van der Waals surface area contributed by atoms with Gasteiger partial charge in [0.2, 0.25) is 5.91 Å². The number of hydrogen-bond acceptors (Lipinski definition) is 3. The van der Waals surface area contributed by atoms with Crippen LogP contribution in [0.25, 0.3) is 0 Å². The highest BCUT2D eigenvalue weighted by Crippen LogP contribution is 2.30. The monoisotopic (exact) mass is 438 g/mol. The molecule has 1 saturated carbocycles. The zero-order chi connectivity index (χ0) is 21.1. The first-order valence-corrected chi connectivity index (χ1v) is 12.2. The SMILES string of the molecule is Cc1c(C(=O)NCC2C(=O)NC(C)CC2C)cc(Cl)cc1S(=O)C1CCCCC1. The second-order valence-corrected chi connectivity index (χ2v) is 10.7. The number of carbonyl (C=O) groups is 2. The number of benzene rings is 1. The van der Waals surface area contributed by atoms with Gasteiger partial charge in [0.25, 0.3) is 5.91 Å². The van der Waals surface area contributed by atoms with E-state index in [1.54, 1.807) is 12.1 Å². The summed E-state index contributed by atoms with van der Waals surface area (Å²) in [6.45, 7) is 6.15. The summed E-state index contributed by atoms with van der Waals surface area (Å²) in [4.78, 5) is 25.8. The van der Waals surface area contributed by atoms with Crippen LogP contribution >= 0.6 is 11.6 Å². The Bertz CT molecular complexity index is 807. The fourth-order valence-corrected chi connectivity index (χ4v) is 6.60. The Morgan fingerprint density at radius 1 is 1.24 bits per heavy atom. The summed E-state index contributed by atoms with van der Waals surface area (Å²) in [5.74, 6) is -0.330. The lowest BCUT2D eigenvalue weighted by Crippen LogP contribution is -2.50. The van der Waals surface area contributed by atoms with Crippen LogP contribution < -0.4 is 10.6 Å². The maximum absolute atomic E-state index is 13.1. The van der Waals surface area contributed by atoms with Crippen molar-refractivity contribution in [2.75, 3.05) is 6.54 Å². The Labute approximate surface area is 180 Å². The summed E-state index contributed by atoms with van der Waals surface area (Å²) in [5, 5.41) is 6.40. The molecule has 0 radical (unpaired) electrons. The maximum atomic E-state index is 13.1. The minimum absolute atomic E-state index is 0.0153. The van der Waals surface area contributed by atoms with Crippen molar-refractivity contribution in [1.82, 2.24) is 10.6 Å². The molecule has 2 amide bonds. The number of hydrogen-bond donors (Lipinski definition) is 2. The van der Waals surface area contributed by atoms with Crippen LogP contribution in [-0.4, -0.2) is 33.9 Å². The average Bonchev–Trinajstić information content (AvgIpc) is 2.68. The quantitative estimate of drug-likeness (QED) is 0.730. The molecule has 0 spiro atoms. The molecule has 3 rings (SSSR count). The largest absolute Gasteiger partial charge is 0.353 e. The third-order valence-electron chi connectivity index (χ3n) is 6.26. The van der Waals surface area contributed by atoms with E-state index < -0.39 is 10.8 Å². The minimum atomic E-state index is -1.17. The van der Waals surface area contributed by atoms with Gasteiger partial charge in [0.15, 0.2) is 0 Å². The molecular weight excluding hydrogens is 408 g/mol. The van der Waals surface area contributed by atoms with Crippen molar-refractivity contribution >= 4 is 34.2 Å². The van der Waals surface area contributed by atoms with E-state index in [4.69, 9.17) is 11.6 Å². The van der Waals surface area contributed by atoms with Crippen LogP contribution in [0.1, 0.15) is 68.3 Å². The van der Waals surface area contributed by atoms with E-state index >= 15 is 0 Å². The van der Waals surface area contributed by atoms with Gasteiger partial charge in [-0.05, 0) is 56.7 Å². The van der Waals surface area contributed by atoms with Crippen LogP contribution in [0.15, 0.2) is 17.0 Å². The highest BCUT2D eigenvalue weighted by atomic mass is 35.5. The Balaban J connectivity index is 1.74. The van der Waals surface area contributed by atoms with Crippen molar-refractivity contribution in [3.63, 3.8) is 0 Å². The van der Waals surface area contributed by atoms with Crippen LogP contribution in [0.3, 0.4) is 0 Å². The highest BCUT2D eigenvalue weighted by molar-refractivity contribution is 7.85. The average molecular weight is 439 g/mol. The number of carbonyl (C=O) groups excluding carboxylic acids is 2. The van der Waals surface area contributed by atoms with Crippen molar-refractivity contribution in [2.45, 2.75) is 75.5 Å². The van der Waals surface area contributed by atoms with Crippen molar-refractivity contribution < 1.29 is 13.8 Å². The number of rotatable bonds is 5. The normalized spacial score (nSPS) is 26.6. The van der Waals surface area contributed by atoms with Crippen LogP contribution in [0.5, 0.6) is 0 Å². The third-order valence-corrected chi connectivity index (χ3v) is 8.41. The van der Waals surface area contributed by atoms with Gasteiger partial charge in [0.05, 0.1) is 16.7 Å². The summed E-state index contributed by atoms with van der Waals surface area (Å²) >= 11 is 6.28. The van der Waals surface area contributed by atoms with Gasteiger partial charge in [-0.3, -0.25) is 13.8 Å². The smallest absolute Gasteiger partial charge is 0.251 e. The molecule has 4 atom stereocenters. The standard InChI is InChI=1S/C22H31ClN2O3S/c1-13-9-14(2)25-22(27)19(13)12-24-21(26)18-10-16(23)11-20(15(18)3)29(28)17-7-5-4-6-8-17/h10-11,13-14,17,19H,4-9,12H2,1-3H3,(H,24,26)(H,25,27). The van der Waals surface area contributed by atoms with E-state index in [1.165, 1.54) is 6.42 Å². The van der Waals surface area contributed by atoms with Gasteiger partial charge in [-0.15, -0.1) is 0 Å². The first-order valence-electron chi connectivity index (χ1n) is 10.6. The van der Waals surface area contributed by atoms with E-state index in [9.17, 15) is 13.8 Å². The maximum Gasteiger partial charge on any atom is 0.251 e. The molecule has 2 N–H and O–H groups in total. The zero-order valence-corrected chi connectivity index (χ0v) is 19.0. The summed E-state index contributed by atoms with van der Waals surface area (Å²) in [6.07, 6.45) is 6.20. The molecule has 1 aliphatic carbocycles. The molecule has 160 valence electrons. The lowest BCUT2D eigenvalue weighted by Gasteiger charge is -2.32. The molecule has 1 aliphatic heterocycles. The van der Waals surface area contributed by atoms with Crippen LogP contribution in [-0.2, 0) is 15.6 Å². The predicted octanol–water partition coefficient (Wildman–Crippen LogP) is 3.98. The van der Waals surface area contributed by atoms with Gasteiger partial charge in [0.1, 0.15) is 0 Å². The van der Waals surface area contributed by atoms with E-state index in [2.05, 4.69) is 10.6 Å². The van der Waals surface area contributed by atoms with Gasteiger partial charge in [0, 0.05) is 33.3 Å². The van der Waals surface area contributed by atoms with Crippen molar-refractivity contribution in [3.8, 4) is 0 Å². The molecule has 1 aromatic rings. The van der Waals surface area contributed by atoms with Gasteiger partial charge in [-0.2, -0.15) is 0 Å². The van der Waals surface area contributed by atoms with Crippen LogP contribution in [0.4, 0.5) is 0 Å². The number of amides is 2. The molecule has 29 heavy (non-hydrogen) atoms. The number of nitrogens with one attached hydrogen (secondary N) is 2. The second kappa shape index (κ2) is 9.61. The van der Waals surface area contributed by atoms with E-state index in [1.807, 2.05) is 20.8 Å². The van der Waals surface area contributed by atoms with Gasteiger partial charge in [-0.1, -0.05) is 37.8 Å². The molecule has 0 bridgehead atoms. The van der Waals surface area contributed by atoms with E-state index in [0.717, 1.165) is 32.1 Å². The van der Waals surface area contributed by atoms with E-state index in [-0.39, 0.29) is 41.5 Å². The highest BCUT2D eigenvalue weighted by Gasteiger charge is 2.32. The summed E-state index contributed by atoms with van der Waals surface area (Å²) < 4.78 is 13.1. The molecule has 7 heteroatoms. The summed E-state index contributed by atoms with van der Waals surface area (Å²) in [7, 11) is -1.17. The van der Waals surface area contributed by atoms with Crippen molar-refractivity contribution in [2.24, 2.45) is 11.8 Å². The van der Waals surface area contributed by atoms with Gasteiger partial charge in [-0.25, -0.2) is 0 Å². The Morgan fingerprint density at radius 2 is 1.93 bits per heavy atom. The van der Waals surface area contributed by atoms with Gasteiger partial charge >= 0.3 is 0 Å². The minimum Gasteiger partial charge on any atom is -0.353 e. The van der Waals surface area contributed by atoms with Crippen LogP contribution in [0, 0.1) is 18.8 Å². The summed E-state index contributed by atoms with van der Waals surface area (Å²) in [6, 6.07) is 3.52. The lowest BCUT2D eigenvalue weighted by molar-refractivity contribution is -0.129. The number of piperidine rings is 1. The molecule has 1 aromatic carbocycles. The van der Waals surface area contributed by atoms with Gasteiger partial charge < -0.3 is 10.6 Å². The molecule has 5 nitrogen and oxygen atoms in total. The second-order valence-electron chi connectivity index (χ2n) is 8.57. The predicted molar refractivity (Wildman–Crippen MR) is 117 cm³/mol. The Kier molecular flexibility index (Phi) is 7.38. The Morgan fingerprint density at radius 3 is 2.59 bits per heavy atom. The lowest BCUT2D eigenvalue weighted by atomic mass is 9.84. The molecule has 1 saturated heterocycles. The fourth-order valence-electron chi connectivity index (χ4n) is 4.54. The molecule has 2 aliphatic rings. The van der Waals surface area contributed by atoms with E-state index in [0.29, 0.717) is 21.0 Å². The van der Waals surface area contributed by atoms with Crippen molar-refractivity contribution in [1.29, 1.82) is 0 Å². The topological polar surface area (TPSA) is 75.3 Å². The fraction of sp³-hybridized carbons (Fsp3) is 0.636. The van der Waals surface area contributed by atoms with Crippen LogP contribution in [0.2, 0.25) is 5.02 Å². The molecular formula is C22H31ClN2O3S. The first kappa shape index (κ1) is 22.3. The molecule has 2 fully saturated rings. The molecule has 0 aromatic heterocycles. The summed E-state index contributed by atoms with van der Waals surface area (Å²) in [5.41, 5.74) is 1.15. The first-order chi connectivity index (χ1) is 13.8. The zero-order valence-electron chi connectivity index (χ0n) is 17.4. The number of halogens is 1. The Hall–Kier alpha value is -1.40. The third kappa shape index (κ3) is 5.21. The molecule has 4 unspecified atom stereocenters. The van der Waals surface area contributed by atoms with Crippen molar-refractivity contribution in [3.05, 3.63) is 28.3 Å².